The quantitative estimate of drug-likeness (QED) is 0.653. The number of aryl methyl sites for hydroxylation is 1. The van der Waals surface area contributed by atoms with Crippen molar-refractivity contribution in [3.05, 3.63) is 53.6 Å². The van der Waals surface area contributed by atoms with Crippen LogP contribution in [0.25, 0.3) is 0 Å². The minimum Gasteiger partial charge on any atom is -0.490 e. The zero-order valence-corrected chi connectivity index (χ0v) is 14.9. The fraction of sp³-hybridized carbons (Fsp3) is 0.263. The Morgan fingerprint density at radius 3 is 2.84 bits per heavy atom. The number of hydrogen-bond donors (Lipinski definition) is 1. The average molecular weight is 357 g/mol. The molecule has 1 unspecified atom stereocenters. The summed E-state index contributed by atoms with van der Waals surface area (Å²) < 4.78 is 10.8. The van der Waals surface area contributed by atoms with E-state index in [9.17, 15) is 9.59 Å². The molecule has 1 aliphatic rings. The fourth-order valence-electron chi connectivity index (χ4n) is 2.42. The maximum atomic E-state index is 12.1. The van der Waals surface area contributed by atoms with Gasteiger partial charge in [0.05, 0.1) is 16.5 Å². The number of ether oxygens (including phenoxy) is 2. The fourth-order valence-corrected chi connectivity index (χ4v) is 3.35. The Morgan fingerprint density at radius 2 is 2.04 bits per heavy atom. The summed E-state index contributed by atoms with van der Waals surface area (Å²) in [6, 6.07) is 12.9. The highest BCUT2D eigenvalue weighted by Crippen LogP contribution is 2.36. The van der Waals surface area contributed by atoms with Crippen molar-refractivity contribution in [2.24, 2.45) is 0 Å². The molecular weight excluding hydrogens is 338 g/mol. The van der Waals surface area contributed by atoms with Gasteiger partial charge in [-0.1, -0.05) is 12.1 Å². The minimum absolute atomic E-state index is 0.0606. The molecule has 0 radical (unpaired) electrons. The zero-order valence-electron chi connectivity index (χ0n) is 14.1. The van der Waals surface area contributed by atoms with Gasteiger partial charge in [-0.3, -0.25) is 4.79 Å². The number of carbonyl (C=O) groups is 2. The minimum atomic E-state index is -0.437. The number of nitrogens with one attached hydrogen (secondary N) is 1. The summed E-state index contributed by atoms with van der Waals surface area (Å²) in [5.74, 6) is 0.252. The summed E-state index contributed by atoms with van der Waals surface area (Å²) in [4.78, 5) is 24.8. The first-order valence-corrected chi connectivity index (χ1v) is 8.89. The Balaban J connectivity index is 1.53. The van der Waals surface area contributed by atoms with Gasteiger partial charge >= 0.3 is 5.97 Å². The molecule has 1 aliphatic heterocycles. The molecule has 1 heterocycles. The third kappa shape index (κ3) is 4.33. The standard InChI is InChI=1S/C19H19NO4S/c1-12-4-3-5-15(10-12)23-8-9-24-19(22)14-6-7-17-16(11-14)20-18(21)13(2)25-17/h3-7,10-11,13H,8-9H2,1-2H3,(H,20,21). The van der Waals surface area contributed by atoms with Gasteiger partial charge in [-0.15, -0.1) is 11.8 Å². The van der Waals surface area contributed by atoms with E-state index in [0.29, 0.717) is 11.3 Å². The second kappa shape index (κ2) is 7.61. The van der Waals surface area contributed by atoms with Crippen molar-refractivity contribution in [2.45, 2.75) is 24.0 Å². The summed E-state index contributed by atoms with van der Waals surface area (Å²) in [6.45, 7) is 4.27. The van der Waals surface area contributed by atoms with Gasteiger partial charge in [0.2, 0.25) is 5.91 Å². The summed E-state index contributed by atoms with van der Waals surface area (Å²) >= 11 is 1.48. The molecular formula is C19H19NO4S. The van der Waals surface area contributed by atoms with Crippen LogP contribution in [0.3, 0.4) is 0 Å². The zero-order chi connectivity index (χ0) is 17.8. The molecule has 3 rings (SSSR count). The van der Waals surface area contributed by atoms with Crippen LogP contribution >= 0.6 is 11.8 Å². The molecule has 6 heteroatoms. The normalized spacial score (nSPS) is 15.9. The highest BCUT2D eigenvalue weighted by atomic mass is 32.2. The molecule has 2 aromatic carbocycles. The molecule has 2 aromatic rings. The van der Waals surface area contributed by atoms with Crippen LogP contribution in [-0.4, -0.2) is 30.3 Å². The molecule has 0 aliphatic carbocycles. The van der Waals surface area contributed by atoms with Crippen LogP contribution in [0.1, 0.15) is 22.8 Å². The van der Waals surface area contributed by atoms with Crippen molar-refractivity contribution >= 4 is 29.3 Å². The number of amides is 1. The van der Waals surface area contributed by atoms with Crippen LogP contribution in [0, 0.1) is 6.92 Å². The number of rotatable bonds is 5. The summed E-state index contributed by atoms with van der Waals surface area (Å²) in [6.07, 6.45) is 0. The Bertz CT molecular complexity index is 806. The second-order valence-corrected chi connectivity index (χ2v) is 7.14. The number of thioether (sulfide) groups is 1. The van der Waals surface area contributed by atoms with E-state index in [-0.39, 0.29) is 24.4 Å². The van der Waals surface area contributed by atoms with Gasteiger partial charge in [0.1, 0.15) is 19.0 Å². The lowest BCUT2D eigenvalue weighted by Gasteiger charge is -2.21. The van der Waals surface area contributed by atoms with Gasteiger partial charge in [-0.25, -0.2) is 4.79 Å². The van der Waals surface area contributed by atoms with Crippen molar-refractivity contribution in [1.29, 1.82) is 0 Å². The first-order valence-electron chi connectivity index (χ1n) is 8.01. The Morgan fingerprint density at radius 1 is 1.20 bits per heavy atom. The largest absolute Gasteiger partial charge is 0.490 e. The van der Waals surface area contributed by atoms with Crippen LogP contribution in [0.15, 0.2) is 47.4 Å². The van der Waals surface area contributed by atoms with E-state index in [1.807, 2.05) is 44.2 Å². The predicted molar refractivity (Wildman–Crippen MR) is 97.3 cm³/mol. The SMILES string of the molecule is Cc1cccc(OCCOC(=O)c2ccc3c(c2)NC(=O)C(C)S3)c1. The van der Waals surface area contributed by atoms with E-state index in [0.717, 1.165) is 16.2 Å². The van der Waals surface area contributed by atoms with Crippen molar-refractivity contribution < 1.29 is 19.1 Å². The van der Waals surface area contributed by atoms with E-state index in [4.69, 9.17) is 9.47 Å². The van der Waals surface area contributed by atoms with Gasteiger partial charge < -0.3 is 14.8 Å². The summed E-state index contributed by atoms with van der Waals surface area (Å²) in [5.41, 5.74) is 2.17. The molecule has 0 bridgehead atoms. The predicted octanol–water partition coefficient (Wildman–Crippen LogP) is 3.66. The van der Waals surface area contributed by atoms with Gasteiger partial charge in [0.15, 0.2) is 0 Å². The first-order chi connectivity index (χ1) is 12.0. The van der Waals surface area contributed by atoms with Gasteiger partial charge in [0, 0.05) is 4.90 Å². The van der Waals surface area contributed by atoms with Crippen LogP contribution in [0.4, 0.5) is 5.69 Å². The smallest absolute Gasteiger partial charge is 0.338 e. The topological polar surface area (TPSA) is 64.6 Å². The number of anilines is 1. The van der Waals surface area contributed by atoms with E-state index in [2.05, 4.69) is 5.32 Å². The van der Waals surface area contributed by atoms with E-state index >= 15 is 0 Å². The molecule has 130 valence electrons. The van der Waals surface area contributed by atoms with Gasteiger partial charge in [-0.2, -0.15) is 0 Å². The molecule has 5 nitrogen and oxygen atoms in total. The molecule has 0 fully saturated rings. The number of fused-ring (bicyclic) bond motifs is 1. The van der Waals surface area contributed by atoms with Crippen LogP contribution in [-0.2, 0) is 9.53 Å². The van der Waals surface area contributed by atoms with E-state index in [1.54, 1.807) is 12.1 Å². The third-order valence-corrected chi connectivity index (χ3v) is 4.90. The Labute approximate surface area is 150 Å². The van der Waals surface area contributed by atoms with Crippen LogP contribution in [0.5, 0.6) is 5.75 Å². The monoisotopic (exact) mass is 357 g/mol. The molecule has 1 atom stereocenters. The lowest BCUT2D eigenvalue weighted by atomic mass is 10.2. The number of benzene rings is 2. The molecule has 0 aromatic heterocycles. The molecule has 0 saturated carbocycles. The maximum Gasteiger partial charge on any atom is 0.338 e. The number of carbonyl (C=O) groups excluding carboxylic acids is 2. The van der Waals surface area contributed by atoms with E-state index in [1.165, 1.54) is 11.8 Å². The van der Waals surface area contributed by atoms with Crippen molar-refractivity contribution in [1.82, 2.24) is 0 Å². The molecule has 0 spiro atoms. The molecule has 1 amide bonds. The highest BCUT2D eigenvalue weighted by Gasteiger charge is 2.23. The Kier molecular flexibility index (Phi) is 5.28. The second-order valence-electron chi connectivity index (χ2n) is 5.76. The maximum absolute atomic E-state index is 12.1. The summed E-state index contributed by atoms with van der Waals surface area (Å²) in [5, 5.41) is 2.67. The Hall–Kier alpha value is -2.47. The van der Waals surface area contributed by atoms with Crippen molar-refractivity contribution in [3.63, 3.8) is 0 Å². The van der Waals surface area contributed by atoms with Crippen LogP contribution < -0.4 is 10.1 Å². The highest BCUT2D eigenvalue weighted by molar-refractivity contribution is 8.00. The van der Waals surface area contributed by atoms with Crippen LogP contribution in [0.2, 0.25) is 0 Å². The van der Waals surface area contributed by atoms with E-state index < -0.39 is 5.97 Å². The van der Waals surface area contributed by atoms with Crippen molar-refractivity contribution in [3.8, 4) is 5.75 Å². The van der Waals surface area contributed by atoms with Gasteiger partial charge in [0.25, 0.3) is 0 Å². The first kappa shape index (κ1) is 17.4. The average Bonchev–Trinajstić information content (AvgIpc) is 2.59. The van der Waals surface area contributed by atoms with Gasteiger partial charge in [-0.05, 0) is 49.7 Å². The third-order valence-electron chi connectivity index (χ3n) is 3.72. The molecule has 0 saturated heterocycles. The lowest BCUT2D eigenvalue weighted by molar-refractivity contribution is -0.115. The molecule has 25 heavy (non-hydrogen) atoms. The summed E-state index contributed by atoms with van der Waals surface area (Å²) in [7, 11) is 0. The number of hydrogen-bond acceptors (Lipinski definition) is 5. The number of esters is 1. The lowest BCUT2D eigenvalue weighted by Crippen LogP contribution is -2.26. The molecule has 1 N–H and O–H groups in total. The van der Waals surface area contributed by atoms with Crippen molar-refractivity contribution in [2.75, 3.05) is 18.5 Å².